The predicted molar refractivity (Wildman–Crippen MR) is 131 cm³/mol. The van der Waals surface area contributed by atoms with Crippen molar-refractivity contribution in [3.05, 3.63) is 46.5 Å². The Balaban J connectivity index is 0.00000300. The summed E-state index contributed by atoms with van der Waals surface area (Å²) in [6.45, 7) is 5.65. The summed E-state index contributed by atoms with van der Waals surface area (Å²) >= 11 is 1.79. The van der Waals surface area contributed by atoms with E-state index in [1.165, 1.54) is 4.88 Å². The molecule has 2 aromatic heterocycles. The van der Waals surface area contributed by atoms with E-state index in [0.717, 1.165) is 76.7 Å². The number of likely N-dealkylation sites (tertiary alicyclic amines) is 1. The van der Waals surface area contributed by atoms with Crippen molar-refractivity contribution in [2.24, 2.45) is 4.99 Å². The maximum absolute atomic E-state index is 5.42. The number of aliphatic imine (C=N–C) groups is 1. The fraction of sp³-hybridized carbons (Fsp3) is 0.571. The number of hydrogen-bond donors (Lipinski definition) is 2. The Morgan fingerprint density at radius 1 is 1.28 bits per heavy atom. The van der Waals surface area contributed by atoms with Gasteiger partial charge in [-0.05, 0) is 36.4 Å². The fourth-order valence-corrected chi connectivity index (χ4v) is 4.06. The summed E-state index contributed by atoms with van der Waals surface area (Å²) in [5.41, 5.74) is 0. The van der Waals surface area contributed by atoms with Gasteiger partial charge in [0.05, 0.1) is 12.9 Å². The summed E-state index contributed by atoms with van der Waals surface area (Å²) in [5.74, 6) is 1.91. The Bertz CT molecular complexity index is 671. The first-order valence-electron chi connectivity index (χ1n) is 10.1. The third-order valence-electron chi connectivity index (χ3n) is 4.99. The first kappa shape index (κ1) is 24.2. The van der Waals surface area contributed by atoms with Crippen LogP contribution < -0.4 is 10.6 Å². The second-order valence-corrected chi connectivity index (χ2v) is 8.10. The number of piperidine rings is 1. The van der Waals surface area contributed by atoms with E-state index in [9.17, 15) is 0 Å². The molecule has 0 saturated carbocycles. The number of furan rings is 1. The monoisotopic (exact) mass is 532 g/mol. The topological polar surface area (TPSA) is 62.0 Å². The van der Waals surface area contributed by atoms with E-state index in [2.05, 4.69) is 33.0 Å². The van der Waals surface area contributed by atoms with Gasteiger partial charge in [0.1, 0.15) is 5.76 Å². The van der Waals surface area contributed by atoms with Crippen LogP contribution in [0.15, 0.2) is 45.3 Å². The minimum Gasteiger partial charge on any atom is -0.469 e. The molecule has 1 aliphatic rings. The number of nitrogens with one attached hydrogen (secondary N) is 2. The molecule has 1 fully saturated rings. The van der Waals surface area contributed by atoms with Crippen LogP contribution in [0.4, 0.5) is 0 Å². The second kappa shape index (κ2) is 14.0. The van der Waals surface area contributed by atoms with Gasteiger partial charge < -0.3 is 24.7 Å². The quantitative estimate of drug-likeness (QED) is 0.279. The van der Waals surface area contributed by atoms with Gasteiger partial charge in [-0.2, -0.15) is 0 Å². The Labute approximate surface area is 195 Å². The van der Waals surface area contributed by atoms with E-state index in [-0.39, 0.29) is 24.0 Å². The highest BCUT2D eigenvalue weighted by Crippen LogP contribution is 2.11. The van der Waals surface area contributed by atoms with Crippen LogP contribution in [-0.2, 0) is 17.6 Å². The van der Waals surface area contributed by atoms with E-state index >= 15 is 0 Å². The SMILES string of the molecule is COCCN1CCC(NC(=NCCc2cccs2)NCCc2ccco2)CC1.I. The van der Waals surface area contributed by atoms with Gasteiger partial charge in [-0.25, -0.2) is 0 Å². The molecule has 8 heteroatoms. The molecule has 0 atom stereocenters. The number of thiophene rings is 1. The van der Waals surface area contributed by atoms with Crippen LogP contribution in [0.2, 0.25) is 0 Å². The molecule has 6 nitrogen and oxygen atoms in total. The number of nitrogens with zero attached hydrogens (tertiary/aromatic N) is 2. The van der Waals surface area contributed by atoms with Crippen molar-refractivity contribution in [2.75, 3.05) is 46.4 Å². The lowest BCUT2D eigenvalue weighted by Crippen LogP contribution is -2.49. The summed E-state index contributed by atoms with van der Waals surface area (Å²) in [5, 5.41) is 9.25. The lowest BCUT2D eigenvalue weighted by Gasteiger charge is -2.32. The van der Waals surface area contributed by atoms with Crippen LogP contribution in [-0.4, -0.2) is 63.3 Å². The Kier molecular flexibility index (Phi) is 11.7. The van der Waals surface area contributed by atoms with Crippen molar-refractivity contribution < 1.29 is 9.15 Å². The minimum absolute atomic E-state index is 0. The molecule has 3 rings (SSSR count). The minimum atomic E-state index is 0. The molecular weight excluding hydrogens is 499 g/mol. The molecule has 29 heavy (non-hydrogen) atoms. The lowest BCUT2D eigenvalue weighted by molar-refractivity contribution is 0.128. The molecule has 3 heterocycles. The molecule has 0 aliphatic carbocycles. The zero-order valence-corrected chi connectivity index (χ0v) is 20.3. The number of rotatable bonds is 10. The van der Waals surface area contributed by atoms with Gasteiger partial charge in [0.2, 0.25) is 0 Å². The highest BCUT2D eigenvalue weighted by molar-refractivity contribution is 14.0. The molecule has 0 spiro atoms. The molecule has 162 valence electrons. The maximum atomic E-state index is 5.42. The number of hydrogen-bond acceptors (Lipinski definition) is 5. The molecule has 2 aromatic rings. The van der Waals surface area contributed by atoms with Gasteiger partial charge in [0.25, 0.3) is 0 Å². The van der Waals surface area contributed by atoms with Crippen molar-refractivity contribution in [2.45, 2.75) is 31.7 Å². The van der Waals surface area contributed by atoms with Crippen LogP contribution in [0.5, 0.6) is 0 Å². The molecule has 0 bridgehead atoms. The zero-order valence-electron chi connectivity index (χ0n) is 17.1. The van der Waals surface area contributed by atoms with E-state index in [0.29, 0.717) is 6.04 Å². The standard InChI is InChI=1S/C21H32N4O2S.HI/c1-26-16-14-25-12-8-18(9-13-25)24-21(22-10-6-19-4-2-15-27-19)23-11-7-20-5-3-17-28-20;/h2-5,15,17-18H,6-14,16H2,1H3,(H2,22,23,24);1H. The Hall–Kier alpha value is -1.10. The summed E-state index contributed by atoms with van der Waals surface area (Å²) in [7, 11) is 1.77. The first-order chi connectivity index (χ1) is 13.8. The fourth-order valence-electron chi connectivity index (χ4n) is 3.36. The molecule has 0 radical (unpaired) electrons. The van der Waals surface area contributed by atoms with E-state index in [1.54, 1.807) is 24.7 Å². The van der Waals surface area contributed by atoms with Crippen molar-refractivity contribution in [1.29, 1.82) is 0 Å². The van der Waals surface area contributed by atoms with Crippen LogP contribution in [0, 0.1) is 0 Å². The van der Waals surface area contributed by atoms with Crippen LogP contribution in [0.1, 0.15) is 23.5 Å². The van der Waals surface area contributed by atoms with Crippen molar-refractivity contribution >= 4 is 41.3 Å². The van der Waals surface area contributed by atoms with E-state index in [4.69, 9.17) is 14.1 Å². The van der Waals surface area contributed by atoms with Crippen molar-refractivity contribution in [3.8, 4) is 0 Å². The lowest BCUT2D eigenvalue weighted by atomic mass is 10.1. The summed E-state index contributed by atoms with van der Waals surface area (Å²) in [6.07, 6.45) is 5.83. The highest BCUT2D eigenvalue weighted by atomic mass is 127. The van der Waals surface area contributed by atoms with Gasteiger partial charge in [0.15, 0.2) is 5.96 Å². The van der Waals surface area contributed by atoms with E-state index in [1.807, 2.05) is 12.1 Å². The molecule has 0 unspecified atom stereocenters. The summed E-state index contributed by atoms with van der Waals surface area (Å²) < 4.78 is 10.6. The zero-order chi connectivity index (χ0) is 19.4. The van der Waals surface area contributed by atoms with Crippen molar-refractivity contribution in [1.82, 2.24) is 15.5 Å². The van der Waals surface area contributed by atoms with Crippen LogP contribution in [0.3, 0.4) is 0 Å². The van der Waals surface area contributed by atoms with Crippen molar-refractivity contribution in [3.63, 3.8) is 0 Å². The van der Waals surface area contributed by atoms with Crippen LogP contribution >= 0.6 is 35.3 Å². The van der Waals surface area contributed by atoms with E-state index < -0.39 is 0 Å². The molecule has 0 amide bonds. The highest BCUT2D eigenvalue weighted by Gasteiger charge is 2.19. The molecule has 0 aromatic carbocycles. The average Bonchev–Trinajstić information content (AvgIpc) is 3.41. The molecule has 1 saturated heterocycles. The van der Waals surface area contributed by atoms with Gasteiger partial charge in [-0.15, -0.1) is 35.3 Å². The first-order valence-corrected chi connectivity index (χ1v) is 11.0. The predicted octanol–water partition coefficient (Wildman–Crippen LogP) is 3.39. The maximum Gasteiger partial charge on any atom is 0.191 e. The van der Waals surface area contributed by atoms with Crippen LogP contribution in [0.25, 0.3) is 0 Å². The third kappa shape index (κ3) is 9.06. The largest absolute Gasteiger partial charge is 0.469 e. The molecule has 2 N–H and O–H groups in total. The number of guanidine groups is 1. The normalized spacial score (nSPS) is 15.8. The smallest absolute Gasteiger partial charge is 0.191 e. The number of halogens is 1. The van der Waals surface area contributed by atoms with Gasteiger partial charge >= 0.3 is 0 Å². The number of methoxy groups -OCH3 is 1. The molecular formula is C21H33IN4O2S. The average molecular weight is 532 g/mol. The Morgan fingerprint density at radius 2 is 2.14 bits per heavy atom. The third-order valence-corrected chi connectivity index (χ3v) is 5.93. The summed E-state index contributed by atoms with van der Waals surface area (Å²) in [4.78, 5) is 8.67. The second-order valence-electron chi connectivity index (χ2n) is 7.07. The Morgan fingerprint density at radius 3 is 2.83 bits per heavy atom. The summed E-state index contributed by atoms with van der Waals surface area (Å²) in [6, 6.07) is 8.68. The van der Waals surface area contributed by atoms with Gasteiger partial charge in [-0.1, -0.05) is 6.07 Å². The number of ether oxygens (including phenoxy) is 1. The van der Waals surface area contributed by atoms with Gasteiger partial charge in [0, 0.05) is 63.6 Å². The molecule has 1 aliphatic heterocycles. The van der Waals surface area contributed by atoms with Gasteiger partial charge in [-0.3, -0.25) is 4.99 Å².